The van der Waals surface area contributed by atoms with Crippen molar-refractivity contribution in [3.63, 3.8) is 0 Å². The second kappa shape index (κ2) is 7.65. The molecule has 0 aliphatic heterocycles. The summed E-state index contributed by atoms with van der Waals surface area (Å²) < 4.78 is 0. The number of benzene rings is 2. The van der Waals surface area contributed by atoms with Gasteiger partial charge in [0.1, 0.15) is 0 Å². The summed E-state index contributed by atoms with van der Waals surface area (Å²) in [7, 11) is 0. The molecule has 21 heavy (non-hydrogen) atoms. The quantitative estimate of drug-likeness (QED) is 0.802. The highest BCUT2D eigenvalue weighted by Gasteiger charge is 2.10. The summed E-state index contributed by atoms with van der Waals surface area (Å²) >= 11 is 6.05. The first-order valence-corrected chi connectivity index (χ1v) is 7.36. The molecule has 108 valence electrons. The molecular formula is C18H18ClNO. The minimum absolute atomic E-state index is 0.0228. The summed E-state index contributed by atoms with van der Waals surface area (Å²) in [5.74, 6) is -0.120. The van der Waals surface area contributed by atoms with Crippen LogP contribution in [0, 0.1) is 0 Å². The molecule has 0 aliphatic rings. The molecule has 2 nitrogen and oxygen atoms in total. The zero-order chi connectivity index (χ0) is 15.1. The predicted molar refractivity (Wildman–Crippen MR) is 88.1 cm³/mol. The molecule has 0 fully saturated rings. The smallest absolute Gasteiger partial charge is 0.244 e. The van der Waals surface area contributed by atoms with E-state index in [0.29, 0.717) is 5.02 Å². The van der Waals surface area contributed by atoms with Crippen LogP contribution >= 0.6 is 11.6 Å². The number of carbonyl (C=O) groups excluding carboxylic acids is 1. The first-order valence-electron chi connectivity index (χ1n) is 6.98. The van der Waals surface area contributed by atoms with Crippen molar-refractivity contribution in [2.24, 2.45) is 0 Å². The highest BCUT2D eigenvalue weighted by Crippen LogP contribution is 2.17. The third kappa shape index (κ3) is 4.47. The average Bonchev–Trinajstić information content (AvgIpc) is 2.52. The fourth-order valence-corrected chi connectivity index (χ4v) is 2.30. The van der Waals surface area contributed by atoms with E-state index in [4.69, 9.17) is 11.6 Å². The SMILES string of the molecule is CC[C@@H](NC(=O)/C=C/c1ccccc1Cl)c1ccccc1. The van der Waals surface area contributed by atoms with Gasteiger partial charge in [0.2, 0.25) is 5.91 Å². The lowest BCUT2D eigenvalue weighted by atomic mass is 10.0. The normalized spacial score (nSPS) is 12.3. The van der Waals surface area contributed by atoms with E-state index in [9.17, 15) is 4.79 Å². The van der Waals surface area contributed by atoms with Gasteiger partial charge >= 0.3 is 0 Å². The zero-order valence-electron chi connectivity index (χ0n) is 11.9. The van der Waals surface area contributed by atoms with Gasteiger partial charge in [0, 0.05) is 11.1 Å². The van der Waals surface area contributed by atoms with Gasteiger partial charge in [-0.25, -0.2) is 0 Å². The fraction of sp³-hybridized carbons (Fsp3) is 0.167. The van der Waals surface area contributed by atoms with Crippen molar-refractivity contribution in [3.05, 3.63) is 76.8 Å². The predicted octanol–water partition coefficient (Wildman–Crippen LogP) is 4.62. The summed E-state index contributed by atoms with van der Waals surface area (Å²) in [5, 5.41) is 3.64. The van der Waals surface area contributed by atoms with E-state index in [1.54, 1.807) is 12.1 Å². The largest absolute Gasteiger partial charge is 0.346 e. The monoisotopic (exact) mass is 299 g/mol. The molecule has 2 rings (SSSR count). The van der Waals surface area contributed by atoms with Gasteiger partial charge in [-0.1, -0.05) is 67.1 Å². The minimum atomic E-state index is -0.120. The molecule has 3 heteroatoms. The molecule has 2 aromatic rings. The number of rotatable bonds is 5. The Kier molecular flexibility index (Phi) is 5.59. The van der Waals surface area contributed by atoms with Gasteiger partial charge in [-0.3, -0.25) is 4.79 Å². The van der Waals surface area contributed by atoms with Crippen LogP contribution in [0.3, 0.4) is 0 Å². The Labute approximate surface area is 130 Å². The summed E-state index contributed by atoms with van der Waals surface area (Å²) in [6, 6.07) is 17.4. The Morgan fingerprint density at radius 1 is 1.14 bits per heavy atom. The Morgan fingerprint density at radius 2 is 1.81 bits per heavy atom. The lowest BCUT2D eigenvalue weighted by Crippen LogP contribution is -2.26. The fourth-order valence-electron chi connectivity index (χ4n) is 2.10. The number of carbonyl (C=O) groups is 1. The van der Waals surface area contributed by atoms with Crippen molar-refractivity contribution in [1.82, 2.24) is 5.32 Å². The van der Waals surface area contributed by atoms with Gasteiger partial charge in [0.25, 0.3) is 0 Å². The summed E-state index contributed by atoms with van der Waals surface area (Å²) in [6.45, 7) is 2.05. The van der Waals surface area contributed by atoms with Crippen molar-refractivity contribution in [2.45, 2.75) is 19.4 Å². The molecule has 0 bridgehead atoms. The molecular weight excluding hydrogens is 282 g/mol. The third-order valence-corrected chi connectivity index (χ3v) is 3.59. The molecule has 1 atom stereocenters. The standard InChI is InChI=1S/C18H18ClNO/c1-2-17(15-9-4-3-5-10-15)20-18(21)13-12-14-8-6-7-11-16(14)19/h3-13,17H,2H2,1H3,(H,20,21)/b13-12+/t17-/m1/s1. The zero-order valence-corrected chi connectivity index (χ0v) is 12.7. The summed E-state index contributed by atoms with van der Waals surface area (Å²) in [4.78, 5) is 12.0. The molecule has 1 N–H and O–H groups in total. The van der Waals surface area contributed by atoms with E-state index in [-0.39, 0.29) is 11.9 Å². The van der Waals surface area contributed by atoms with E-state index in [1.807, 2.05) is 48.5 Å². The third-order valence-electron chi connectivity index (χ3n) is 3.25. The minimum Gasteiger partial charge on any atom is -0.346 e. The van der Waals surface area contributed by atoms with Crippen molar-refractivity contribution in [2.75, 3.05) is 0 Å². The molecule has 0 heterocycles. The van der Waals surface area contributed by atoms with Crippen LogP contribution in [-0.4, -0.2) is 5.91 Å². The van der Waals surface area contributed by atoms with Crippen molar-refractivity contribution < 1.29 is 4.79 Å². The Hall–Kier alpha value is -2.06. The van der Waals surface area contributed by atoms with Crippen LogP contribution in [0.15, 0.2) is 60.7 Å². The number of nitrogens with one attached hydrogen (secondary N) is 1. The molecule has 0 spiro atoms. The van der Waals surface area contributed by atoms with Crippen molar-refractivity contribution >= 4 is 23.6 Å². The number of hydrogen-bond donors (Lipinski definition) is 1. The molecule has 0 saturated carbocycles. The maximum atomic E-state index is 12.0. The van der Waals surface area contributed by atoms with Crippen molar-refractivity contribution in [3.8, 4) is 0 Å². The lowest BCUT2D eigenvalue weighted by Gasteiger charge is -2.16. The Bertz CT molecular complexity index is 622. The first-order chi connectivity index (χ1) is 10.2. The lowest BCUT2D eigenvalue weighted by molar-refractivity contribution is -0.117. The van der Waals surface area contributed by atoms with Crippen LogP contribution in [0.1, 0.15) is 30.5 Å². The molecule has 0 radical (unpaired) electrons. The second-order valence-corrected chi connectivity index (χ2v) is 5.14. The van der Waals surface area contributed by atoms with Gasteiger partial charge in [-0.2, -0.15) is 0 Å². The topological polar surface area (TPSA) is 29.1 Å². The maximum Gasteiger partial charge on any atom is 0.244 e. The van der Waals surface area contributed by atoms with Crippen LogP contribution in [0.4, 0.5) is 0 Å². The number of amides is 1. The van der Waals surface area contributed by atoms with Gasteiger partial charge in [0.05, 0.1) is 6.04 Å². The van der Waals surface area contributed by atoms with Gasteiger partial charge in [0.15, 0.2) is 0 Å². The Morgan fingerprint density at radius 3 is 2.48 bits per heavy atom. The first kappa shape index (κ1) is 15.3. The molecule has 0 unspecified atom stereocenters. The molecule has 0 aromatic heterocycles. The summed E-state index contributed by atoms with van der Waals surface area (Å²) in [6.07, 6.45) is 4.10. The number of halogens is 1. The molecule has 1 amide bonds. The molecule has 0 aliphatic carbocycles. The highest BCUT2D eigenvalue weighted by atomic mass is 35.5. The Balaban J connectivity index is 2.02. The maximum absolute atomic E-state index is 12.0. The average molecular weight is 300 g/mol. The van der Waals surface area contributed by atoms with Crippen LogP contribution in [0.2, 0.25) is 5.02 Å². The van der Waals surface area contributed by atoms with Crippen LogP contribution in [-0.2, 0) is 4.79 Å². The van der Waals surface area contributed by atoms with Crippen molar-refractivity contribution in [1.29, 1.82) is 0 Å². The molecule has 2 aromatic carbocycles. The summed E-state index contributed by atoms with van der Waals surface area (Å²) in [5.41, 5.74) is 1.95. The van der Waals surface area contributed by atoms with Crippen LogP contribution < -0.4 is 5.32 Å². The number of hydrogen-bond acceptors (Lipinski definition) is 1. The van der Waals surface area contributed by atoms with E-state index in [2.05, 4.69) is 12.2 Å². The van der Waals surface area contributed by atoms with E-state index >= 15 is 0 Å². The molecule has 0 saturated heterocycles. The van der Waals surface area contributed by atoms with E-state index < -0.39 is 0 Å². The van der Waals surface area contributed by atoms with E-state index in [1.165, 1.54) is 6.08 Å². The van der Waals surface area contributed by atoms with Crippen LogP contribution in [0.5, 0.6) is 0 Å². The van der Waals surface area contributed by atoms with E-state index in [0.717, 1.165) is 17.5 Å². The van der Waals surface area contributed by atoms with Crippen LogP contribution in [0.25, 0.3) is 6.08 Å². The van der Waals surface area contributed by atoms with Gasteiger partial charge in [-0.15, -0.1) is 0 Å². The second-order valence-electron chi connectivity index (χ2n) is 4.73. The van der Waals surface area contributed by atoms with Gasteiger partial charge in [-0.05, 0) is 29.7 Å². The van der Waals surface area contributed by atoms with Gasteiger partial charge < -0.3 is 5.32 Å². The highest BCUT2D eigenvalue weighted by molar-refractivity contribution is 6.32.